The van der Waals surface area contributed by atoms with Gasteiger partial charge in [-0.15, -0.1) is 0 Å². The Balaban J connectivity index is 1.30. The van der Waals surface area contributed by atoms with Crippen molar-refractivity contribution >= 4 is 41.4 Å². The third kappa shape index (κ3) is 24.3. The summed E-state index contributed by atoms with van der Waals surface area (Å²) in [5.41, 5.74) is 0.846. The van der Waals surface area contributed by atoms with Crippen molar-refractivity contribution in [1.29, 1.82) is 0 Å². The molecule has 3 saturated heterocycles. The van der Waals surface area contributed by atoms with E-state index >= 15 is 0 Å². The van der Waals surface area contributed by atoms with E-state index in [1.165, 1.54) is 0 Å². The smallest absolute Gasteiger partial charge is 0.306 e. The van der Waals surface area contributed by atoms with Crippen LogP contribution in [0.2, 0.25) is 0 Å². The Hall–Kier alpha value is -5.25. The molecular weight excluding hydrogens is 1130 g/mol. The van der Waals surface area contributed by atoms with Crippen LogP contribution in [0.25, 0.3) is 0 Å². The molecule has 0 saturated carbocycles. The maximum atomic E-state index is 13.5. The number of carbonyl (C=O) groups excluding carboxylic acids is 7. The zero-order valence-electron chi connectivity index (χ0n) is 46.2. The van der Waals surface area contributed by atoms with Crippen molar-refractivity contribution in [2.24, 2.45) is 0 Å². The van der Waals surface area contributed by atoms with Crippen LogP contribution in [0.4, 0.5) is 0 Å². The molecule has 16 atom stereocenters. The fourth-order valence-corrected chi connectivity index (χ4v) is 8.61. The van der Waals surface area contributed by atoms with Crippen molar-refractivity contribution < 1.29 is 128 Å². The van der Waals surface area contributed by atoms with Gasteiger partial charge in [-0.25, -0.2) is 0 Å². The Morgan fingerprint density at radius 3 is 1.37 bits per heavy atom. The first-order valence-corrected chi connectivity index (χ1v) is 27.5. The summed E-state index contributed by atoms with van der Waals surface area (Å²) in [4.78, 5) is 92.1. The number of hydrogen-bond donors (Lipinski definition) is 18. The molecule has 0 bridgehead atoms. The highest BCUT2D eigenvalue weighted by Crippen LogP contribution is 2.24. The molecule has 1 aromatic rings. The summed E-state index contributed by atoms with van der Waals surface area (Å²) in [5.74, 6) is -4.66. The fourth-order valence-electron chi connectivity index (χ4n) is 8.61. The molecule has 6 amide bonds. The second kappa shape index (κ2) is 38.0. The van der Waals surface area contributed by atoms with E-state index in [4.69, 9.17) is 33.2 Å². The van der Waals surface area contributed by atoms with Gasteiger partial charge in [0.1, 0.15) is 85.9 Å². The summed E-state index contributed by atoms with van der Waals surface area (Å²) >= 11 is 0. The minimum absolute atomic E-state index is 0.0131. The van der Waals surface area contributed by atoms with Gasteiger partial charge in [0.05, 0.1) is 65.8 Å². The summed E-state index contributed by atoms with van der Waals surface area (Å²) in [6.45, 7) is -6.14. The van der Waals surface area contributed by atoms with E-state index in [1.54, 1.807) is 0 Å². The zero-order chi connectivity index (χ0) is 61.7. The first-order chi connectivity index (χ1) is 40.2. The fraction of sp³-hybridized carbons (Fsp3) is 0.745. The van der Waals surface area contributed by atoms with E-state index in [2.05, 4.69) is 31.9 Å². The highest BCUT2D eigenvalue weighted by atomic mass is 16.7. The summed E-state index contributed by atoms with van der Waals surface area (Å²) in [6, 6.07) is 7.93. The predicted molar refractivity (Wildman–Crippen MR) is 281 cm³/mol. The number of ether oxygens (including phenoxy) is 7. The lowest BCUT2D eigenvalue weighted by molar-refractivity contribution is -0.300. The number of hydrogen-bond acceptors (Lipinski definition) is 27. The molecule has 0 radical (unpaired) electrons. The summed E-state index contributed by atoms with van der Waals surface area (Å²) in [6.07, 6.45) is -21.7. The van der Waals surface area contributed by atoms with E-state index in [1.807, 2.05) is 30.3 Å². The Kier molecular flexibility index (Phi) is 32.2. The lowest BCUT2D eigenvalue weighted by Gasteiger charge is -2.39. The molecule has 0 spiro atoms. The lowest BCUT2D eigenvalue weighted by atomic mass is 9.99. The molecular formula is C51H83N7O26. The van der Waals surface area contributed by atoms with Gasteiger partial charge in [-0.2, -0.15) is 0 Å². The van der Waals surface area contributed by atoms with Gasteiger partial charge in [0.15, 0.2) is 18.9 Å². The number of amides is 6. The molecule has 33 nitrogen and oxygen atoms in total. The Labute approximate surface area is 482 Å². The third-order valence-electron chi connectivity index (χ3n) is 13.4. The van der Waals surface area contributed by atoms with Crippen LogP contribution in [0.15, 0.2) is 30.3 Å². The second-order valence-electron chi connectivity index (χ2n) is 19.9. The zero-order valence-corrected chi connectivity index (χ0v) is 46.2. The van der Waals surface area contributed by atoms with Crippen LogP contribution in [0.1, 0.15) is 50.5 Å². The average molecular weight is 1210 g/mol. The molecule has 3 aliphatic rings. The third-order valence-corrected chi connectivity index (χ3v) is 13.4. The first-order valence-electron chi connectivity index (χ1n) is 27.5. The van der Waals surface area contributed by atoms with Gasteiger partial charge < -0.3 is 126 Å². The van der Waals surface area contributed by atoms with Crippen molar-refractivity contribution in [3.63, 3.8) is 0 Å². The average Bonchev–Trinajstić information content (AvgIpc) is 3.63. The van der Waals surface area contributed by atoms with Gasteiger partial charge >= 0.3 is 5.97 Å². The molecule has 18 N–H and O–H groups in total. The van der Waals surface area contributed by atoms with Gasteiger partial charge in [0.25, 0.3) is 0 Å². The summed E-state index contributed by atoms with van der Waals surface area (Å²) in [5, 5.41) is 135. The highest BCUT2D eigenvalue weighted by molar-refractivity contribution is 5.91. The highest BCUT2D eigenvalue weighted by Gasteiger charge is 2.46. The van der Waals surface area contributed by atoms with E-state index < -0.39 is 180 Å². The van der Waals surface area contributed by atoms with Crippen molar-refractivity contribution in [3.8, 4) is 0 Å². The number of aliphatic hydroxyl groups excluding tert-OH is 12. The number of rotatable bonds is 37. The van der Waals surface area contributed by atoms with Crippen LogP contribution < -0.4 is 31.9 Å². The summed E-state index contributed by atoms with van der Waals surface area (Å²) < 4.78 is 37.3. The molecule has 478 valence electrons. The van der Waals surface area contributed by atoms with Crippen molar-refractivity contribution in [2.45, 2.75) is 150 Å². The summed E-state index contributed by atoms with van der Waals surface area (Å²) in [7, 11) is 0. The largest absolute Gasteiger partial charge is 0.461 e. The second-order valence-corrected chi connectivity index (χ2v) is 19.9. The van der Waals surface area contributed by atoms with Crippen molar-refractivity contribution in [3.05, 3.63) is 35.9 Å². The number of nitrogens with zero attached hydrogens (tertiary/aromatic N) is 1. The number of unbranched alkanes of at least 4 members (excludes halogenated alkanes) is 2. The van der Waals surface area contributed by atoms with Crippen molar-refractivity contribution in [2.75, 3.05) is 92.0 Å². The Bertz CT molecular complexity index is 2100. The topological polar surface area (TPSA) is 502 Å². The van der Waals surface area contributed by atoms with Gasteiger partial charge in [-0.05, 0) is 37.7 Å². The lowest BCUT2D eigenvalue weighted by Crippen LogP contribution is -2.59. The molecule has 1 aromatic carbocycles. The normalized spacial score (nSPS) is 28.1. The number of nitrogens with one attached hydrogen (secondary N) is 6. The number of esters is 1. The van der Waals surface area contributed by atoms with Crippen LogP contribution in [0.5, 0.6) is 0 Å². The van der Waals surface area contributed by atoms with Crippen LogP contribution >= 0.6 is 0 Å². The molecule has 0 unspecified atom stereocenters. The van der Waals surface area contributed by atoms with Gasteiger partial charge in [-0.3, -0.25) is 38.5 Å². The van der Waals surface area contributed by atoms with Crippen LogP contribution in [-0.4, -0.2) is 298 Å². The van der Waals surface area contributed by atoms with Gasteiger partial charge in [0.2, 0.25) is 35.4 Å². The minimum atomic E-state index is -1.72. The monoisotopic (exact) mass is 1210 g/mol. The molecule has 3 heterocycles. The SMILES string of the molecule is O=C(CCCCC(=O)OCc1ccccc1)NCCCC[C@H](NC(=O)CNC(=O)CN(CC(=O)NCCO[C@H]1O[C@H](CO)[C@@H](O)[C@H](O)[C@H]1O)CC(=O)NCCO[C@H]1O[C@H](CO)[C@@H](O)[C@H](O)[C@H]1O)C(=O)NCCO[C@H]1O[C@H](CO)[C@@H](O)[C@H](O)[C@@H]1O. The first kappa shape index (κ1) is 71.2. The molecule has 4 rings (SSSR count). The van der Waals surface area contributed by atoms with E-state index in [9.17, 15) is 94.8 Å². The van der Waals surface area contributed by atoms with E-state index in [-0.39, 0.29) is 84.2 Å². The van der Waals surface area contributed by atoms with Crippen LogP contribution in [-0.2, 0) is 73.3 Å². The molecule has 3 fully saturated rings. The van der Waals surface area contributed by atoms with E-state index in [0.717, 1.165) is 10.5 Å². The molecule has 33 heteroatoms. The standard InChI is InChI=1S/C51H83N7O26/c59-24-30-39(68)42(71)45(74)49(82-30)78-17-14-53-35(64)21-58(22-36(65)54-15-18-79-50-46(75)43(72)40(69)31(25-60)83-50)23-37(66)56-20-34(63)57-29(48(77)55-16-19-80-51-47(76)44(73)41(70)32(26-61)84-51)10-6-7-13-52-33(62)11-4-5-12-38(67)81-27-28-8-2-1-3-9-28/h1-3,8-9,29-32,39-47,49-51,59-61,68-76H,4-7,10-27H2,(H,52,62)(H,53,64)(H,54,65)(H,55,77)(H,56,66)(H,57,63)/t29-,30+,31+,32+,39+,40+,41+,42-,43-,44-,45+,46+,47-,49-,50-,51-/m0/s1. The number of carbonyl (C=O) groups is 7. The molecule has 84 heavy (non-hydrogen) atoms. The molecule has 3 aliphatic heterocycles. The van der Waals surface area contributed by atoms with Gasteiger partial charge in [0, 0.05) is 39.0 Å². The molecule has 0 aromatic heterocycles. The van der Waals surface area contributed by atoms with Crippen molar-refractivity contribution in [1.82, 2.24) is 36.8 Å². The maximum absolute atomic E-state index is 13.5. The van der Waals surface area contributed by atoms with E-state index in [0.29, 0.717) is 19.3 Å². The Morgan fingerprint density at radius 1 is 0.476 bits per heavy atom. The van der Waals surface area contributed by atoms with Crippen LogP contribution in [0.3, 0.4) is 0 Å². The number of benzene rings is 1. The predicted octanol–water partition coefficient (Wildman–Crippen LogP) is -9.72. The maximum Gasteiger partial charge on any atom is 0.306 e. The molecule has 0 aliphatic carbocycles. The Morgan fingerprint density at radius 2 is 0.905 bits per heavy atom. The minimum Gasteiger partial charge on any atom is -0.461 e. The van der Waals surface area contributed by atoms with Crippen LogP contribution in [0, 0.1) is 0 Å². The number of aliphatic hydroxyl groups is 12. The van der Waals surface area contributed by atoms with Gasteiger partial charge in [-0.1, -0.05) is 30.3 Å². The quantitative estimate of drug-likeness (QED) is 0.0217.